The number of pyridine rings is 1. The largest absolute Gasteiger partial charge is 0.456 e. The lowest BCUT2D eigenvalue weighted by atomic mass is 10.2. The molecule has 3 heterocycles. The van der Waals surface area contributed by atoms with E-state index >= 15 is 0 Å². The van der Waals surface area contributed by atoms with E-state index in [0.717, 1.165) is 56.2 Å². The zero-order chi connectivity index (χ0) is 17.6. The summed E-state index contributed by atoms with van der Waals surface area (Å²) in [6.45, 7) is 6.66. The summed E-state index contributed by atoms with van der Waals surface area (Å²) < 4.78 is 5.46. The van der Waals surface area contributed by atoms with Gasteiger partial charge in [0.05, 0.1) is 0 Å². The summed E-state index contributed by atoms with van der Waals surface area (Å²) in [5, 5.41) is 2.87. The summed E-state index contributed by atoms with van der Waals surface area (Å²) in [5.41, 5.74) is 0.978. The maximum Gasteiger partial charge on any atom is 0.287 e. The lowest BCUT2D eigenvalue weighted by Gasteiger charge is -2.21. The highest BCUT2D eigenvalue weighted by atomic mass is 16.3. The van der Waals surface area contributed by atoms with Crippen LogP contribution in [0.15, 0.2) is 34.9 Å². The molecule has 0 bridgehead atoms. The highest BCUT2D eigenvalue weighted by molar-refractivity contribution is 5.91. The van der Waals surface area contributed by atoms with E-state index in [0.29, 0.717) is 12.3 Å². The van der Waals surface area contributed by atoms with Crippen LogP contribution in [0, 0.1) is 0 Å². The Morgan fingerprint density at radius 2 is 2.08 bits per heavy atom. The van der Waals surface area contributed by atoms with E-state index in [-0.39, 0.29) is 5.91 Å². The minimum absolute atomic E-state index is 0.195. The molecular weight excluding hydrogens is 316 g/mol. The van der Waals surface area contributed by atoms with E-state index in [2.05, 4.69) is 27.1 Å². The van der Waals surface area contributed by atoms with Crippen LogP contribution in [0.4, 0.5) is 5.82 Å². The third-order valence-corrected chi connectivity index (χ3v) is 4.54. The molecule has 1 aliphatic heterocycles. The summed E-state index contributed by atoms with van der Waals surface area (Å²) in [6, 6.07) is 7.61. The van der Waals surface area contributed by atoms with Gasteiger partial charge in [0.1, 0.15) is 11.6 Å². The van der Waals surface area contributed by atoms with Gasteiger partial charge in [0.15, 0.2) is 5.76 Å². The maximum absolute atomic E-state index is 12.1. The van der Waals surface area contributed by atoms with Gasteiger partial charge < -0.3 is 19.5 Å². The van der Waals surface area contributed by atoms with Crippen LogP contribution < -0.4 is 10.2 Å². The number of carbonyl (C=O) groups is 1. The first kappa shape index (κ1) is 17.5. The molecule has 1 N–H and O–H groups in total. The Kier molecular flexibility index (Phi) is 5.71. The normalized spacial score (nSPS) is 15.8. The molecule has 3 rings (SSSR count). The van der Waals surface area contributed by atoms with Crippen molar-refractivity contribution in [1.29, 1.82) is 0 Å². The molecular formula is C19H26N4O2. The zero-order valence-corrected chi connectivity index (χ0v) is 15.0. The molecule has 1 saturated heterocycles. The molecule has 0 unspecified atom stereocenters. The lowest BCUT2D eigenvalue weighted by molar-refractivity contribution is 0.0921. The highest BCUT2D eigenvalue weighted by Gasteiger charge is 2.14. The fourth-order valence-corrected chi connectivity index (χ4v) is 2.94. The van der Waals surface area contributed by atoms with Crippen LogP contribution in [0.3, 0.4) is 0 Å². The lowest BCUT2D eigenvalue weighted by Crippen LogP contribution is -2.29. The number of rotatable bonds is 5. The number of aryl methyl sites for hydroxylation is 1. The number of likely N-dealkylation sites (N-methyl/N-ethyl adjacent to an activating group) is 1. The van der Waals surface area contributed by atoms with E-state index in [1.807, 2.05) is 31.3 Å². The Hall–Kier alpha value is -2.34. The van der Waals surface area contributed by atoms with Crippen LogP contribution in [-0.4, -0.2) is 49.0 Å². The molecule has 0 saturated carbocycles. The molecule has 134 valence electrons. The molecule has 0 aliphatic carbocycles. The Morgan fingerprint density at radius 1 is 1.20 bits per heavy atom. The van der Waals surface area contributed by atoms with Crippen molar-refractivity contribution < 1.29 is 9.21 Å². The van der Waals surface area contributed by atoms with Crippen molar-refractivity contribution in [3.63, 3.8) is 0 Å². The van der Waals surface area contributed by atoms with Crippen molar-refractivity contribution in [2.24, 2.45) is 0 Å². The SMILES string of the molecule is CCc1ccc(C(=O)NCc2ccc(N3CCCN(C)CC3)nc2)o1. The minimum Gasteiger partial charge on any atom is -0.456 e. The number of hydrogen-bond acceptors (Lipinski definition) is 5. The zero-order valence-electron chi connectivity index (χ0n) is 15.0. The van der Waals surface area contributed by atoms with Crippen LogP contribution in [0.25, 0.3) is 0 Å². The first-order chi connectivity index (χ1) is 12.2. The van der Waals surface area contributed by atoms with Gasteiger partial charge in [0.2, 0.25) is 0 Å². The van der Waals surface area contributed by atoms with Gasteiger partial charge in [-0.15, -0.1) is 0 Å². The van der Waals surface area contributed by atoms with E-state index in [4.69, 9.17) is 4.42 Å². The Labute approximate surface area is 148 Å². The second-order valence-corrected chi connectivity index (χ2v) is 6.47. The van der Waals surface area contributed by atoms with Crippen molar-refractivity contribution in [1.82, 2.24) is 15.2 Å². The molecule has 0 radical (unpaired) electrons. The second-order valence-electron chi connectivity index (χ2n) is 6.47. The monoisotopic (exact) mass is 342 g/mol. The van der Waals surface area contributed by atoms with Gasteiger partial charge in [-0.05, 0) is 43.8 Å². The van der Waals surface area contributed by atoms with E-state index < -0.39 is 0 Å². The van der Waals surface area contributed by atoms with Gasteiger partial charge in [-0.25, -0.2) is 4.98 Å². The molecule has 6 nitrogen and oxygen atoms in total. The number of anilines is 1. The average Bonchev–Trinajstić information content (AvgIpc) is 3.02. The van der Waals surface area contributed by atoms with E-state index in [9.17, 15) is 4.79 Å². The van der Waals surface area contributed by atoms with Crippen molar-refractivity contribution >= 4 is 11.7 Å². The number of hydrogen-bond donors (Lipinski definition) is 1. The molecule has 0 aromatic carbocycles. The summed E-state index contributed by atoms with van der Waals surface area (Å²) in [6.07, 6.45) is 3.77. The number of nitrogens with one attached hydrogen (secondary N) is 1. The molecule has 1 fully saturated rings. The number of nitrogens with zero attached hydrogens (tertiary/aromatic N) is 3. The quantitative estimate of drug-likeness (QED) is 0.903. The van der Waals surface area contributed by atoms with Crippen LogP contribution in [0.5, 0.6) is 0 Å². The third kappa shape index (κ3) is 4.60. The number of aromatic nitrogens is 1. The number of amides is 1. The number of carbonyl (C=O) groups excluding carboxylic acids is 1. The Bertz CT molecular complexity index is 696. The highest BCUT2D eigenvalue weighted by Crippen LogP contribution is 2.14. The van der Waals surface area contributed by atoms with Crippen molar-refractivity contribution in [3.05, 3.63) is 47.5 Å². The topological polar surface area (TPSA) is 61.6 Å². The van der Waals surface area contributed by atoms with Crippen molar-refractivity contribution in [2.45, 2.75) is 26.3 Å². The number of furan rings is 1. The molecule has 0 spiro atoms. The van der Waals surface area contributed by atoms with Crippen molar-refractivity contribution in [3.8, 4) is 0 Å². The molecule has 2 aromatic heterocycles. The molecule has 25 heavy (non-hydrogen) atoms. The van der Waals surface area contributed by atoms with Crippen LogP contribution in [-0.2, 0) is 13.0 Å². The minimum atomic E-state index is -0.195. The van der Waals surface area contributed by atoms with Crippen LogP contribution in [0.2, 0.25) is 0 Å². The van der Waals surface area contributed by atoms with Crippen LogP contribution in [0.1, 0.15) is 35.2 Å². The van der Waals surface area contributed by atoms with Gasteiger partial charge in [0, 0.05) is 38.8 Å². The van der Waals surface area contributed by atoms with Gasteiger partial charge >= 0.3 is 0 Å². The summed E-state index contributed by atoms with van der Waals surface area (Å²) >= 11 is 0. The summed E-state index contributed by atoms with van der Waals surface area (Å²) in [7, 11) is 2.16. The molecule has 1 amide bonds. The predicted octanol–water partition coefficient (Wildman–Crippen LogP) is 2.31. The van der Waals surface area contributed by atoms with Crippen molar-refractivity contribution in [2.75, 3.05) is 38.1 Å². The van der Waals surface area contributed by atoms with Gasteiger partial charge in [-0.1, -0.05) is 13.0 Å². The third-order valence-electron chi connectivity index (χ3n) is 4.54. The molecule has 0 atom stereocenters. The Balaban J connectivity index is 1.54. The molecule has 2 aromatic rings. The van der Waals surface area contributed by atoms with E-state index in [1.165, 1.54) is 0 Å². The standard InChI is InChI=1S/C19H26N4O2/c1-3-16-6-7-17(25-16)19(24)21-14-15-5-8-18(20-13-15)23-10-4-9-22(2)11-12-23/h5-8,13H,3-4,9-12,14H2,1-2H3,(H,21,24). The van der Waals surface area contributed by atoms with Gasteiger partial charge in [0.25, 0.3) is 5.91 Å². The van der Waals surface area contributed by atoms with Crippen LogP contribution >= 0.6 is 0 Å². The predicted molar refractivity (Wildman–Crippen MR) is 97.8 cm³/mol. The average molecular weight is 342 g/mol. The Morgan fingerprint density at radius 3 is 2.80 bits per heavy atom. The second kappa shape index (κ2) is 8.16. The fourth-order valence-electron chi connectivity index (χ4n) is 2.94. The summed E-state index contributed by atoms with van der Waals surface area (Å²) in [5.74, 6) is 1.98. The van der Waals surface area contributed by atoms with E-state index in [1.54, 1.807) is 6.07 Å². The maximum atomic E-state index is 12.1. The van der Waals surface area contributed by atoms with Gasteiger partial charge in [-0.3, -0.25) is 4.79 Å². The van der Waals surface area contributed by atoms with Gasteiger partial charge in [-0.2, -0.15) is 0 Å². The molecule has 1 aliphatic rings. The molecule has 6 heteroatoms. The first-order valence-corrected chi connectivity index (χ1v) is 8.91. The fraction of sp³-hybridized carbons (Fsp3) is 0.474. The smallest absolute Gasteiger partial charge is 0.287 e. The summed E-state index contributed by atoms with van der Waals surface area (Å²) in [4.78, 5) is 21.3. The first-order valence-electron chi connectivity index (χ1n) is 8.91.